The monoisotopic (exact) mass is 961 g/mol. The third-order valence-electron chi connectivity index (χ3n) is 8.26. The maximum Gasteiger partial charge on any atom is 3.00 e. The van der Waals surface area contributed by atoms with E-state index < -0.39 is 64.6 Å². The summed E-state index contributed by atoms with van der Waals surface area (Å²) < 4.78 is 63.6. The predicted octanol–water partition coefficient (Wildman–Crippen LogP) is -0.895. The summed E-state index contributed by atoms with van der Waals surface area (Å²) in [5.41, 5.74) is -0.272. The molecule has 2 heterocycles. The number of nitrogens with zero attached hydrogens (tertiary/aromatic N) is 9. The van der Waals surface area contributed by atoms with Crippen molar-refractivity contribution in [3.63, 3.8) is 0 Å². The van der Waals surface area contributed by atoms with Crippen molar-refractivity contribution < 1.29 is 123 Å². The smallest absolute Gasteiger partial charge is 0.871 e. The number of azo groups is 2. The molecule has 0 bridgehead atoms. The molecule has 315 valence electrons. The van der Waals surface area contributed by atoms with Crippen LogP contribution in [0.1, 0.15) is 11.4 Å². The Labute approximate surface area is 419 Å². The zero-order valence-electron chi connectivity index (χ0n) is 33.8. The molecule has 0 aliphatic heterocycles. The van der Waals surface area contributed by atoms with Crippen LogP contribution in [0.15, 0.2) is 152 Å². The van der Waals surface area contributed by atoms with Gasteiger partial charge in [0, 0.05) is 29.6 Å². The molecule has 5 aromatic carbocycles. The summed E-state index contributed by atoms with van der Waals surface area (Å²) in [5.74, 6) is -3.07. The number of sulfonamides is 1. The third-order valence-corrected chi connectivity index (χ3v) is 10.5. The number of para-hydroxylation sites is 3. The number of nitro benzene ring substituents is 1. The molecule has 64 heavy (non-hydrogen) atoms. The molecule has 0 saturated carbocycles. The minimum atomic E-state index is -5.29. The van der Waals surface area contributed by atoms with Crippen LogP contribution in [0.2, 0.25) is 0 Å². The van der Waals surface area contributed by atoms with E-state index >= 15 is 0 Å². The van der Waals surface area contributed by atoms with E-state index in [-0.39, 0.29) is 104 Å². The van der Waals surface area contributed by atoms with Gasteiger partial charge in [0.1, 0.15) is 21.5 Å². The largest absolute Gasteiger partial charge is 3.00 e. The minimum absolute atomic E-state index is 0. The molecule has 0 amide bonds. The molecule has 0 aliphatic carbocycles. The minimum Gasteiger partial charge on any atom is -0.871 e. The van der Waals surface area contributed by atoms with E-state index in [4.69, 9.17) is 0 Å². The second-order valence-corrected chi connectivity index (χ2v) is 15.5. The van der Waals surface area contributed by atoms with E-state index in [0.717, 1.165) is 16.8 Å². The topological polar surface area (TPSA) is 324 Å². The van der Waals surface area contributed by atoms with Crippen molar-refractivity contribution in [2.75, 3.05) is 4.72 Å². The molecule has 21 nitrogen and oxygen atoms in total. The molecule has 7 rings (SSSR count). The van der Waals surface area contributed by atoms with Crippen LogP contribution in [-0.2, 0) is 37.5 Å². The first kappa shape index (κ1) is 52.9. The van der Waals surface area contributed by atoms with Gasteiger partial charge in [0.15, 0.2) is 0 Å². The van der Waals surface area contributed by atoms with Crippen LogP contribution in [0.4, 0.5) is 34.1 Å². The number of aromatic nitrogens is 4. The van der Waals surface area contributed by atoms with Gasteiger partial charge in [-0.15, -0.1) is 10.2 Å². The van der Waals surface area contributed by atoms with Gasteiger partial charge in [0.25, 0.3) is 15.7 Å². The summed E-state index contributed by atoms with van der Waals surface area (Å²) in [5, 5.41) is 83.6. The van der Waals surface area contributed by atoms with E-state index in [1.165, 1.54) is 17.7 Å². The Balaban J connectivity index is 0.000000327. The zero-order chi connectivity index (χ0) is 44.1. The molecule has 1 N–H and O–H groups in total. The molecule has 0 aliphatic rings. The molecule has 0 spiro atoms. The number of benzene rings is 5. The Kier molecular flexibility index (Phi) is 18.5. The van der Waals surface area contributed by atoms with E-state index in [1.807, 2.05) is 6.07 Å². The first-order chi connectivity index (χ1) is 28.9. The standard InChI is InChI=1S/C22H19N5O4S.C16H13N5O7S.Cr.2Na/c1-15-21(22(29)27(25-15)17-10-6-3-7-11-17)24-23-19-14-18(12-13-20(19)28)32(30,31)26-16-8-4-2-5-9-16;1-9-14(16(23)20(19-9)10-5-3-2-4-6-10)18-17-12-7-11(21(24)25)8-13(15(12)22)29(26,27)28;;;/h2-14,26,28-29H,1H3;2-8,22-23H,1H3,(H,26,27,28);;;/q;;+3;2*+1/p-5. The number of nitrogens with one attached hydrogen (secondary N) is 1. The van der Waals surface area contributed by atoms with E-state index in [2.05, 4.69) is 35.4 Å². The average Bonchev–Trinajstić information content (AvgIpc) is 3.68. The number of non-ortho nitro benzene ring substituents is 1. The van der Waals surface area contributed by atoms with E-state index in [9.17, 15) is 51.9 Å². The second kappa shape index (κ2) is 22.4. The maximum absolute atomic E-state index is 12.7. The molecule has 0 atom stereocenters. The summed E-state index contributed by atoms with van der Waals surface area (Å²) in [6.45, 7) is 3.05. The van der Waals surface area contributed by atoms with Crippen LogP contribution < -0.4 is 84.3 Å². The van der Waals surface area contributed by atoms with Gasteiger partial charge in [-0.25, -0.2) is 26.2 Å². The van der Waals surface area contributed by atoms with Crippen molar-refractivity contribution in [1.29, 1.82) is 0 Å². The molecular weight excluding hydrogens is 935 g/mol. The van der Waals surface area contributed by atoms with Gasteiger partial charge in [-0.2, -0.15) is 20.4 Å². The van der Waals surface area contributed by atoms with E-state index in [1.54, 1.807) is 91.9 Å². The van der Waals surface area contributed by atoms with Crippen LogP contribution in [0.3, 0.4) is 0 Å². The van der Waals surface area contributed by atoms with Crippen LogP contribution in [-0.4, -0.2) is 45.9 Å². The van der Waals surface area contributed by atoms with Crippen molar-refractivity contribution >= 4 is 54.3 Å². The van der Waals surface area contributed by atoms with Crippen LogP contribution in [0.5, 0.6) is 23.3 Å². The summed E-state index contributed by atoms with van der Waals surface area (Å²) in [6, 6.07) is 29.9. The van der Waals surface area contributed by atoms with Crippen molar-refractivity contribution in [3.8, 4) is 34.6 Å². The van der Waals surface area contributed by atoms with Crippen molar-refractivity contribution in [1.82, 2.24) is 19.6 Å². The number of hydrogen-bond donors (Lipinski definition) is 1. The normalized spacial score (nSPS) is 11.2. The fraction of sp³-hybridized carbons (Fsp3) is 0.0526. The molecule has 0 unspecified atom stereocenters. The second-order valence-electron chi connectivity index (χ2n) is 12.5. The Bertz CT molecular complexity index is 3050. The first-order valence-corrected chi connectivity index (χ1v) is 20.2. The predicted molar refractivity (Wildman–Crippen MR) is 207 cm³/mol. The fourth-order valence-corrected chi connectivity index (χ4v) is 7.00. The third kappa shape index (κ3) is 12.4. The molecule has 0 fully saturated rings. The van der Waals surface area contributed by atoms with Crippen LogP contribution >= 0.6 is 0 Å². The summed E-state index contributed by atoms with van der Waals surface area (Å²) in [7, 11) is -9.24. The Morgan fingerprint density at radius 3 is 1.53 bits per heavy atom. The molecule has 2 aromatic heterocycles. The van der Waals surface area contributed by atoms with Crippen molar-refractivity contribution in [2.24, 2.45) is 20.5 Å². The maximum atomic E-state index is 12.7. The Morgan fingerprint density at radius 2 is 1.08 bits per heavy atom. The first-order valence-electron chi connectivity index (χ1n) is 17.3. The Morgan fingerprint density at radius 1 is 0.625 bits per heavy atom. The number of hydrogen-bond acceptors (Lipinski definition) is 17. The summed E-state index contributed by atoms with van der Waals surface area (Å²) >= 11 is 0. The molecular formula is C38H27CrN10Na2O11S2. The summed E-state index contributed by atoms with van der Waals surface area (Å²) in [6.07, 6.45) is 0. The zero-order valence-corrected chi connectivity index (χ0v) is 40.7. The average molecular weight is 962 g/mol. The molecule has 26 heteroatoms. The van der Waals surface area contributed by atoms with Crippen molar-refractivity contribution in [3.05, 3.63) is 143 Å². The summed E-state index contributed by atoms with van der Waals surface area (Å²) in [4.78, 5) is 8.47. The van der Waals surface area contributed by atoms with Gasteiger partial charge in [-0.3, -0.25) is 14.8 Å². The molecule has 0 saturated heterocycles. The quantitative estimate of drug-likeness (QED) is 0.0541. The van der Waals surface area contributed by atoms with E-state index in [0.29, 0.717) is 34.9 Å². The fourth-order valence-electron chi connectivity index (χ4n) is 5.32. The van der Waals surface area contributed by atoms with Gasteiger partial charge >= 0.3 is 76.5 Å². The number of nitro groups is 1. The van der Waals surface area contributed by atoms with Gasteiger partial charge in [0.05, 0.1) is 48.9 Å². The molecule has 7 aromatic rings. The SMILES string of the molecule is Cc1nn(-c2ccccc2)c([O-])c1N=Nc1cc(S(=O)(=O)Nc2ccccc2)ccc1[O-].Cc1nn(-c2ccccc2)c([O-])c1N=Nc1cc([N+](=O)[O-])cc(S(=O)(=O)[O-])c1[O-].[Cr+3].[Na+].[Na+]. The Hall–Kier alpha value is -5.49. The molecule has 1 radical (unpaired) electrons. The van der Waals surface area contributed by atoms with Gasteiger partial charge in [-0.1, -0.05) is 72.2 Å². The number of anilines is 1. The van der Waals surface area contributed by atoms with Gasteiger partial charge in [-0.05, 0) is 62.4 Å². The van der Waals surface area contributed by atoms with Crippen LogP contribution in [0.25, 0.3) is 11.4 Å². The number of rotatable bonds is 11. The van der Waals surface area contributed by atoms with Crippen LogP contribution in [0, 0.1) is 24.0 Å². The van der Waals surface area contributed by atoms with Gasteiger partial charge in [0.2, 0.25) is 0 Å². The number of aryl methyl sites for hydroxylation is 2. The van der Waals surface area contributed by atoms with Crippen molar-refractivity contribution in [2.45, 2.75) is 23.6 Å². The van der Waals surface area contributed by atoms with Gasteiger partial charge < -0.3 is 25.0 Å².